The third kappa shape index (κ3) is 3.22. The normalized spacial score (nSPS) is 11.3. The predicted octanol–water partition coefficient (Wildman–Crippen LogP) is 1.83. The van der Waals surface area contributed by atoms with Crippen molar-refractivity contribution in [3.63, 3.8) is 0 Å². The molecule has 0 saturated carbocycles. The Morgan fingerprint density at radius 2 is 2.16 bits per heavy atom. The zero-order valence-corrected chi connectivity index (χ0v) is 11.4. The molecular weight excluding hydrogens is 238 g/mol. The molecule has 0 unspecified atom stereocenters. The van der Waals surface area contributed by atoms with Gasteiger partial charge in [0.1, 0.15) is 5.82 Å². The molecule has 4 nitrogen and oxygen atoms in total. The third-order valence-corrected chi connectivity index (χ3v) is 3.29. The highest BCUT2D eigenvalue weighted by atomic mass is 16.3. The molecule has 19 heavy (non-hydrogen) atoms. The van der Waals surface area contributed by atoms with E-state index in [1.807, 2.05) is 31.2 Å². The number of para-hydroxylation sites is 2. The van der Waals surface area contributed by atoms with Crippen LogP contribution in [0, 0.1) is 6.92 Å². The summed E-state index contributed by atoms with van der Waals surface area (Å²) < 4.78 is 2.22. The average molecular weight is 259 g/mol. The number of aryl methyl sites for hydroxylation is 1. The molecule has 0 fully saturated rings. The Labute approximate surface area is 114 Å². The van der Waals surface area contributed by atoms with Crippen molar-refractivity contribution in [3.05, 3.63) is 42.7 Å². The van der Waals surface area contributed by atoms with Crippen LogP contribution in [0.4, 0.5) is 0 Å². The third-order valence-electron chi connectivity index (χ3n) is 3.29. The fraction of sp³-hybridized carbons (Fsp3) is 0.400. The van der Waals surface area contributed by atoms with E-state index in [2.05, 4.69) is 27.1 Å². The van der Waals surface area contributed by atoms with Crippen LogP contribution in [-0.2, 0) is 6.54 Å². The van der Waals surface area contributed by atoms with Crippen molar-refractivity contribution < 1.29 is 5.11 Å². The number of hydrogen-bond donors (Lipinski definition) is 1. The molecule has 0 atom stereocenters. The molecule has 0 aliphatic rings. The van der Waals surface area contributed by atoms with E-state index in [9.17, 15) is 0 Å². The van der Waals surface area contributed by atoms with Crippen molar-refractivity contribution in [3.8, 4) is 0 Å². The van der Waals surface area contributed by atoms with Crippen molar-refractivity contribution in [2.75, 3.05) is 26.2 Å². The van der Waals surface area contributed by atoms with Crippen molar-refractivity contribution in [2.45, 2.75) is 13.5 Å². The molecule has 2 aromatic rings. The Morgan fingerprint density at radius 1 is 1.37 bits per heavy atom. The zero-order chi connectivity index (χ0) is 13.7. The van der Waals surface area contributed by atoms with Crippen LogP contribution >= 0.6 is 0 Å². The maximum atomic E-state index is 9.05. The van der Waals surface area contributed by atoms with Crippen molar-refractivity contribution in [1.82, 2.24) is 14.5 Å². The molecular formula is C15H21N3O. The summed E-state index contributed by atoms with van der Waals surface area (Å²) in [5, 5.41) is 9.05. The van der Waals surface area contributed by atoms with Gasteiger partial charge in [-0.15, -0.1) is 6.58 Å². The number of nitrogens with zero attached hydrogens (tertiary/aromatic N) is 3. The lowest BCUT2D eigenvalue weighted by molar-refractivity contribution is 0.204. The lowest BCUT2D eigenvalue weighted by Crippen LogP contribution is -2.30. The highest BCUT2D eigenvalue weighted by Gasteiger charge is 2.08. The first kappa shape index (κ1) is 13.8. The van der Waals surface area contributed by atoms with Gasteiger partial charge in [0.25, 0.3) is 0 Å². The lowest BCUT2D eigenvalue weighted by atomic mass is 10.3. The van der Waals surface area contributed by atoms with Gasteiger partial charge in [-0.25, -0.2) is 4.98 Å². The molecule has 1 heterocycles. The number of aliphatic hydroxyl groups excluding tert-OH is 1. The van der Waals surface area contributed by atoms with E-state index < -0.39 is 0 Å². The predicted molar refractivity (Wildman–Crippen MR) is 78.2 cm³/mol. The number of imidazole rings is 1. The first-order chi connectivity index (χ1) is 9.26. The highest BCUT2D eigenvalue weighted by molar-refractivity contribution is 5.75. The molecule has 0 amide bonds. The molecule has 102 valence electrons. The van der Waals surface area contributed by atoms with Gasteiger partial charge in [-0.1, -0.05) is 18.2 Å². The van der Waals surface area contributed by atoms with Gasteiger partial charge in [-0.05, 0) is 19.1 Å². The zero-order valence-electron chi connectivity index (χ0n) is 11.4. The van der Waals surface area contributed by atoms with Crippen LogP contribution in [0.5, 0.6) is 0 Å². The van der Waals surface area contributed by atoms with E-state index in [0.717, 1.165) is 31.0 Å². The standard InChI is InChI=1S/C15H21N3O/c1-3-8-17(11-12-19)9-10-18-13(2)16-14-6-4-5-7-15(14)18/h3-7,19H,1,8-12H2,2H3. The van der Waals surface area contributed by atoms with Crippen molar-refractivity contribution in [2.24, 2.45) is 0 Å². The maximum Gasteiger partial charge on any atom is 0.106 e. The molecule has 1 aromatic carbocycles. The van der Waals surface area contributed by atoms with Gasteiger partial charge < -0.3 is 9.67 Å². The molecule has 0 aliphatic heterocycles. The fourth-order valence-electron chi connectivity index (χ4n) is 2.34. The van der Waals surface area contributed by atoms with Crippen LogP contribution in [0.15, 0.2) is 36.9 Å². The van der Waals surface area contributed by atoms with E-state index in [-0.39, 0.29) is 6.61 Å². The van der Waals surface area contributed by atoms with Gasteiger partial charge in [0.2, 0.25) is 0 Å². The van der Waals surface area contributed by atoms with E-state index in [1.165, 1.54) is 5.52 Å². The Kier molecular flexibility index (Phi) is 4.71. The number of aliphatic hydroxyl groups is 1. The summed E-state index contributed by atoms with van der Waals surface area (Å²) in [6, 6.07) is 8.18. The highest BCUT2D eigenvalue weighted by Crippen LogP contribution is 2.15. The number of fused-ring (bicyclic) bond motifs is 1. The van der Waals surface area contributed by atoms with Crippen LogP contribution in [0.1, 0.15) is 5.82 Å². The largest absolute Gasteiger partial charge is 0.395 e. The molecule has 2 rings (SSSR count). The second-order valence-electron chi connectivity index (χ2n) is 4.61. The lowest BCUT2D eigenvalue weighted by Gasteiger charge is -2.20. The van der Waals surface area contributed by atoms with Gasteiger partial charge in [-0.3, -0.25) is 4.90 Å². The molecule has 0 spiro atoms. The minimum atomic E-state index is 0.178. The summed E-state index contributed by atoms with van der Waals surface area (Å²) in [6.45, 7) is 9.20. The summed E-state index contributed by atoms with van der Waals surface area (Å²) in [5.74, 6) is 1.03. The summed E-state index contributed by atoms with van der Waals surface area (Å²) in [7, 11) is 0. The molecule has 1 N–H and O–H groups in total. The van der Waals surface area contributed by atoms with Crippen LogP contribution in [0.25, 0.3) is 11.0 Å². The summed E-state index contributed by atoms with van der Waals surface area (Å²) in [5.41, 5.74) is 2.21. The first-order valence-corrected chi connectivity index (χ1v) is 6.62. The van der Waals surface area contributed by atoms with E-state index in [0.29, 0.717) is 6.54 Å². The fourth-order valence-corrected chi connectivity index (χ4v) is 2.34. The Hall–Kier alpha value is -1.65. The van der Waals surface area contributed by atoms with Crippen molar-refractivity contribution in [1.29, 1.82) is 0 Å². The number of rotatable bonds is 7. The van der Waals surface area contributed by atoms with Crippen LogP contribution < -0.4 is 0 Å². The quantitative estimate of drug-likeness (QED) is 0.771. The topological polar surface area (TPSA) is 41.3 Å². The molecule has 0 saturated heterocycles. The summed E-state index contributed by atoms with van der Waals surface area (Å²) >= 11 is 0. The van der Waals surface area contributed by atoms with Crippen LogP contribution in [-0.4, -0.2) is 45.8 Å². The van der Waals surface area contributed by atoms with Crippen LogP contribution in [0.2, 0.25) is 0 Å². The van der Waals surface area contributed by atoms with Gasteiger partial charge in [0, 0.05) is 26.2 Å². The monoisotopic (exact) mass is 259 g/mol. The number of aromatic nitrogens is 2. The van der Waals surface area contributed by atoms with E-state index in [4.69, 9.17) is 5.11 Å². The van der Waals surface area contributed by atoms with Gasteiger partial charge in [0.15, 0.2) is 0 Å². The van der Waals surface area contributed by atoms with E-state index >= 15 is 0 Å². The minimum absolute atomic E-state index is 0.178. The molecule has 0 radical (unpaired) electrons. The minimum Gasteiger partial charge on any atom is -0.395 e. The van der Waals surface area contributed by atoms with Gasteiger partial charge in [0.05, 0.1) is 17.6 Å². The van der Waals surface area contributed by atoms with Crippen LogP contribution in [0.3, 0.4) is 0 Å². The molecule has 1 aromatic heterocycles. The van der Waals surface area contributed by atoms with E-state index in [1.54, 1.807) is 0 Å². The average Bonchev–Trinajstić information content (AvgIpc) is 2.72. The molecule has 0 aliphatic carbocycles. The molecule has 0 bridgehead atoms. The second-order valence-corrected chi connectivity index (χ2v) is 4.61. The summed E-state index contributed by atoms with van der Waals surface area (Å²) in [4.78, 5) is 6.74. The Balaban J connectivity index is 2.12. The number of benzene rings is 1. The van der Waals surface area contributed by atoms with Gasteiger partial charge >= 0.3 is 0 Å². The molecule has 4 heteroatoms. The Morgan fingerprint density at radius 3 is 2.89 bits per heavy atom. The second kappa shape index (κ2) is 6.50. The number of hydrogen-bond acceptors (Lipinski definition) is 3. The SMILES string of the molecule is C=CCN(CCO)CCn1c(C)nc2ccccc21. The Bertz CT molecular complexity index is 547. The van der Waals surface area contributed by atoms with Gasteiger partial charge in [-0.2, -0.15) is 0 Å². The summed E-state index contributed by atoms with van der Waals surface area (Å²) in [6.07, 6.45) is 1.87. The first-order valence-electron chi connectivity index (χ1n) is 6.62. The van der Waals surface area contributed by atoms with Crippen molar-refractivity contribution >= 4 is 11.0 Å². The maximum absolute atomic E-state index is 9.05. The smallest absolute Gasteiger partial charge is 0.106 e.